The fourth-order valence-electron chi connectivity index (χ4n) is 3.74. The number of aromatic nitrogens is 4. The molecule has 7 nitrogen and oxygen atoms in total. The number of halogens is 2. The summed E-state index contributed by atoms with van der Waals surface area (Å²) in [6.45, 7) is 3.64. The number of rotatable bonds is 5. The van der Waals surface area contributed by atoms with E-state index in [1.54, 1.807) is 23.9 Å². The number of hydrogen-bond acceptors (Lipinski definition) is 6. The van der Waals surface area contributed by atoms with Gasteiger partial charge >= 0.3 is 0 Å². The molecule has 0 radical (unpaired) electrons. The Hall–Kier alpha value is -2.29. The molecule has 2 aromatic rings. The lowest BCUT2D eigenvalue weighted by Crippen LogP contribution is -2.47. The number of hydrogen-bond donors (Lipinski definition) is 2. The Labute approximate surface area is 162 Å². The summed E-state index contributed by atoms with van der Waals surface area (Å²) in [7, 11) is 0. The van der Waals surface area contributed by atoms with Crippen LogP contribution in [-0.2, 0) is 0 Å². The molecule has 28 heavy (non-hydrogen) atoms. The zero-order valence-corrected chi connectivity index (χ0v) is 16.0. The quantitative estimate of drug-likeness (QED) is 0.811. The van der Waals surface area contributed by atoms with Crippen LogP contribution in [0.5, 0.6) is 5.88 Å². The lowest BCUT2D eigenvalue weighted by Gasteiger charge is -2.40. The van der Waals surface area contributed by atoms with Gasteiger partial charge in [0.15, 0.2) is 0 Å². The molecule has 4 rings (SSSR count). The Morgan fingerprint density at radius 2 is 1.96 bits per heavy atom. The van der Waals surface area contributed by atoms with Gasteiger partial charge in [-0.2, -0.15) is 15.1 Å². The Balaban J connectivity index is 1.53. The number of anilines is 1. The number of nitrogens with one attached hydrogen (secondary N) is 1. The molecule has 2 fully saturated rings. The molecule has 2 N–H and O–H groups in total. The van der Waals surface area contributed by atoms with Crippen molar-refractivity contribution in [2.75, 3.05) is 5.32 Å². The maximum absolute atomic E-state index is 13.4. The van der Waals surface area contributed by atoms with Crippen molar-refractivity contribution in [1.82, 2.24) is 19.7 Å². The molecule has 0 amide bonds. The maximum Gasteiger partial charge on any atom is 0.255 e. The van der Waals surface area contributed by atoms with E-state index >= 15 is 0 Å². The zero-order chi connectivity index (χ0) is 19.9. The molecule has 2 saturated carbocycles. The molecule has 2 aliphatic rings. The van der Waals surface area contributed by atoms with Crippen LogP contribution in [0, 0.1) is 6.92 Å². The summed E-state index contributed by atoms with van der Waals surface area (Å²) in [5, 5.41) is 17.5. The molecule has 152 valence electrons. The molecular formula is C19H25F2N5O2. The van der Waals surface area contributed by atoms with E-state index < -0.39 is 11.5 Å². The number of nitrogens with zero attached hydrogens (tertiary/aromatic N) is 4. The molecule has 0 aliphatic heterocycles. The second-order valence-corrected chi connectivity index (χ2v) is 8.21. The Bertz CT molecular complexity index is 837. The summed E-state index contributed by atoms with van der Waals surface area (Å²) in [5.74, 6) is -1.33. The SMILES string of the molecule is Cc1ccn(-c2nc(NC3CCC(F)(F)CC3)cc(OC3CC(C)(O)C3)n2)n1. The van der Waals surface area contributed by atoms with E-state index in [-0.39, 0.29) is 25.0 Å². The normalized spacial score (nSPS) is 27.2. The largest absolute Gasteiger partial charge is 0.474 e. The molecular weight excluding hydrogens is 368 g/mol. The van der Waals surface area contributed by atoms with Crippen molar-refractivity contribution in [1.29, 1.82) is 0 Å². The molecule has 9 heteroatoms. The van der Waals surface area contributed by atoms with Crippen molar-refractivity contribution in [2.24, 2.45) is 0 Å². The Morgan fingerprint density at radius 1 is 1.25 bits per heavy atom. The minimum atomic E-state index is -2.57. The fourth-order valence-corrected chi connectivity index (χ4v) is 3.74. The monoisotopic (exact) mass is 393 g/mol. The summed E-state index contributed by atoms with van der Waals surface area (Å²) in [5.41, 5.74) is 0.127. The molecule has 0 aromatic carbocycles. The van der Waals surface area contributed by atoms with Crippen molar-refractivity contribution in [3.63, 3.8) is 0 Å². The van der Waals surface area contributed by atoms with E-state index in [9.17, 15) is 13.9 Å². The number of ether oxygens (including phenoxy) is 1. The second-order valence-electron chi connectivity index (χ2n) is 8.21. The molecule has 2 heterocycles. The molecule has 0 bridgehead atoms. The van der Waals surface area contributed by atoms with Crippen molar-refractivity contribution in [3.8, 4) is 11.8 Å². The lowest BCUT2D eigenvalue weighted by molar-refractivity contribution is -0.0902. The zero-order valence-electron chi connectivity index (χ0n) is 16.0. The topological polar surface area (TPSA) is 85.1 Å². The number of aliphatic hydroxyl groups is 1. The average molecular weight is 393 g/mol. The van der Waals surface area contributed by atoms with E-state index in [0.717, 1.165) is 5.69 Å². The van der Waals surface area contributed by atoms with Gasteiger partial charge < -0.3 is 15.2 Å². The standard InChI is InChI=1S/C19H25F2N5O2/c1-12-5-8-26(25-12)17-23-15(22-13-3-6-19(20,21)7-4-13)9-16(24-17)28-14-10-18(2,27)11-14/h5,8-9,13-14,27H,3-4,6-7,10-11H2,1-2H3,(H,22,23,24). The number of alkyl halides is 2. The van der Waals surface area contributed by atoms with Gasteiger partial charge in [-0.15, -0.1) is 0 Å². The minimum Gasteiger partial charge on any atom is -0.474 e. The first kappa shape index (κ1) is 19.0. The molecule has 0 unspecified atom stereocenters. The Kier molecular flexibility index (Phi) is 4.73. The van der Waals surface area contributed by atoms with Crippen LogP contribution in [0.2, 0.25) is 0 Å². The van der Waals surface area contributed by atoms with Gasteiger partial charge in [0.05, 0.1) is 11.3 Å². The van der Waals surface area contributed by atoms with Gasteiger partial charge in [-0.1, -0.05) is 0 Å². The van der Waals surface area contributed by atoms with E-state index in [2.05, 4.69) is 20.4 Å². The summed E-state index contributed by atoms with van der Waals surface area (Å²) in [4.78, 5) is 8.92. The predicted octanol–water partition coefficient (Wildman–Crippen LogP) is 3.25. The smallest absolute Gasteiger partial charge is 0.255 e. The van der Waals surface area contributed by atoms with E-state index in [0.29, 0.717) is 43.3 Å². The Morgan fingerprint density at radius 3 is 2.57 bits per heavy atom. The van der Waals surface area contributed by atoms with Crippen LogP contribution in [0.4, 0.5) is 14.6 Å². The van der Waals surface area contributed by atoms with Crippen LogP contribution in [0.1, 0.15) is 51.1 Å². The highest BCUT2D eigenvalue weighted by Crippen LogP contribution is 2.36. The molecule has 0 saturated heterocycles. The highest BCUT2D eigenvalue weighted by atomic mass is 19.3. The van der Waals surface area contributed by atoms with E-state index in [1.807, 2.05) is 13.0 Å². The van der Waals surface area contributed by atoms with Crippen LogP contribution >= 0.6 is 0 Å². The third-order valence-electron chi connectivity index (χ3n) is 5.31. The van der Waals surface area contributed by atoms with Gasteiger partial charge in [0.1, 0.15) is 11.9 Å². The van der Waals surface area contributed by atoms with Crippen LogP contribution in [0.3, 0.4) is 0 Å². The second kappa shape index (κ2) is 6.95. The van der Waals surface area contributed by atoms with Gasteiger partial charge in [-0.05, 0) is 32.8 Å². The molecule has 2 aliphatic carbocycles. The predicted molar refractivity (Wildman–Crippen MR) is 99.0 cm³/mol. The highest BCUT2D eigenvalue weighted by Gasteiger charge is 2.40. The number of aryl methyl sites for hydroxylation is 1. The van der Waals surface area contributed by atoms with Gasteiger partial charge in [0.2, 0.25) is 11.8 Å². The van der Waals surface area contributed by atoms with Crippen LogP contribution in [-0.4, -0.2) is 48.5 Å². The van der Waals surface area contributed by atoms with Crippen molar-refractivity contribution in [2.45, 2.75) is 76.0 Å². The van der Waals surface area contributed by atoms with Crippen molar-refractivity contribution >= 4 is 5.82 Å². The summed E-state index contributed by atoms with van der Waals surface area (Å²) >= 11 is 0. The first-order chi connectivity index (χ1) is 13.2. The van der Waals surface area contributed by atoms with Gasteiger partial charge in [0, 0.05) is 44.0 Å². The summed E-state index contributed by atoms with van der Waals surface area (Å²) in [6.07, 6.45) is 3.24. The van der Waals surface area contributed by atoms with Gasteiger partial charge in [-0.3, -0.25) is 0 Å². The van der Waals surface area contributed by atoms with Crippen LogP contribution < -0.4 is 10.1 Å². The average Bonchev–Trinajstić information content (AvgIpc) is 3.02. The van der Waals surface area contributed by atoms with Gasteiger partial charge in [0.25, 0.3) is 5.95 Å². The first-order valence-electron chi connectivity index (χ1n) is 9.63. The molecule has 0 spiro atoms. The highest BCUT2D eigenvalue weighted by molar-refractivity contribution is 5.42. The van der Waals surface area contributed by atoms with E-state index in [4.69, 9.17) is 4.74 Å². The third kappa shape index (κ3) is 4.40. The minimum absolute atomic E-state index is 0.0704. The summed E-state index contributed by atoms with van der Waals surface area (Å²) < 4.78 is 34.3. The lowest BCUT2D eigenvalue weighted by atomic mass is 9.79. The third-order valence-corrected chi connectivity index (χ3v) is 5.31. The first-order valence-corrected chi connectivity index (χ1v) is 9.63. The summed E-state index contributed by atoms with van der Waals surface area (Å²) in [6, 6.07) is 3.45. The van der Waals surface area contributed by atoms with Crippen LogP contribution in [0.15, 0.2) is 18.3 Å². The van der Waals surface area contributed by atoms with Gasteiger partial charge in [-0.25, -0.2) is 13.5 Å². The van der Waals surface area contributed by atoms with Crippen molar-refractivity contribution < 1.29 is 18.6 Å². The maximum atomic E-state index is 13.4. The molecule has 2 aromatic heterocycles. The van der Waals surface area contributed by atoms with E-state index in [1.165, 1.54) is 0 Å². The van der Waals surface area contributed by atoms with Crippen molar-refractivity contribution in [3.05, 3.63) is 24.0 Å². The molecule has 0 atom stereocenters. The fraction of sp³-hybridized carbons (Fsp3) is 0.632. The van der Waals surface area contributed by atoms with Crippen LogP contribution in [0.25, 0.3) is 5.95 Å².